The second kappa shape index (κ2) is 4.63. The highest BCUT2D eigenvalue weighted by Gasteiger charge is 2.43. The lowest BCUT2D eigenvalue weighted by Crippen LogP contribution is -2.35. The fraction of sp³-hybridized carbons (Fsp3) is 0.357. The number of esters is 1. The monoisotopic (exact) mass is 274 g/mol. The van der Waals surface area contributed by atoms with E-state index >= 15 is 0 Å². The third-order valence-corrected chi connectivity index (χ3v) is 3.54. The summed E-state index contributed by atoms with van der Waals surface area (Å²) in [6.07, 6.45) is 0.127. The van der Waals surface area contributed by atoms with Crippen molar-refractivity contribution in [1.29, 1.82) is 0 Å². The Balaban J connectivity index is 1.97. The Bertz CT molecular complexity index is 611. The smallest absolute Gasteiger partial charge is 0.326 e. The summed E-state index contributed by atoms with van der Waals surface area (Å²) < 4.78 is 4.89. The molecule has 0 saturated carbocycles. The molecule has 1 aromatic carbocycles. The van der Waals surface area contributed by atoms with Crippen molar-refractivity contribution in [2.45, 2.75) is 19.3 Å². The molecule has 2 heterocycles. The number of nitrogens with zero attached hydrogens (tertiary/aromatic N) is 1. The Labute approximate surface area is 115 Å². The number of rotatable bonds is 3. The predicted molar refractivity (Wildman–Crippen MR) is 71.4 cm³/mol. The normalized spacial score (nSPS) is 19.6. The first-order valence-corrected chi connectivity index (χ1v) is 6.51. The summed E-state index contributed by atoms with van der Waals surface area (Å²) in [7, 11) is 0. The summed E-state index contributed by atoms with van der Waals surface area (Å²) in [5.41, 5.74) is 2.15. The zero-order valence-electron chi connectivity index (χ0n) is 11.0. The Morgan fingerprint density at radius 3 is 3.00 bits per heavy atom. The van der Waals surface area contributed by atoms with Crippen LogP contribution in [-0.4, -0.2) is 30.9 Å². The number of hydrogen-bond acceptors (Lipinski definition) is 4. The van der Waals surface area contributed by atoms with Crippen LogP contribution in [0.25, 0.3) is 0 Å². The first-order chi connectivity index (χ1) is 9.61. The Morgan fingerprint density at radius 1 is 1.45 bits per heavy atom. The molecule has 1 N–H and O–H groups in total. The third-order valence-electron chi connectivity index (χ3n) is 3.54. The molecule has 0 aromatic heterocycles. The molecule has 6 nitrogen and oxygen atoms in total. The minimum atomic E-state index is -0.482. The minimum absolute atomic E-state index is 0.117. The fourth-order valence-corrected chi connectivity index (χ4v) is 2.77. The topological polar surface area (TPSA) is 75.7 Å². The number of ether oxygens (including phenoxy) is 1. The van der Waals surface area contributed by atoms with Crippen LogP contribution < -0.4 is 10.2 Å². The zero-order chi connectivity index (χ0) is 14.3. The maximum absolute atomic E-state index is 12.4. The van der Waals surface area contributed by atoms with Gasteiger partial charge in [0.2, 0.25) is 11.8 Å². The van der Waals surface area contributed by atoms with Crippen LogP contribution in [0.15, 0.2) is 18.2 Å². The van der Waals surface area contributed by atoms with Gasteiger partial charge in [0.05, 0.1) is 18.2 Å². The van der Waals surface area contributed by atoms with Gasteiger partial charge in [-0.05, 0) is 19.1 Å². The number of hydrogen-bond donors (Lipinski definition) is 1. The van der Waals surface area contributed by atoms with E-state index < -0.39 is 11.9 Å². The molecule has 2 aliphatic heterocycles. The summed E-state index contributed by atoms with van der Waals surface area (Å²) in [6, 6.07) is 5.31. The van der Waals surface area contributed by atoms with Crippen molar-refractivity contribution in [2.24, 2.45) is 0 Å². The molecule has 0 spiro atoms. The van der Waals surface area contributed by atoms with Gasteiger partial charge in [0, 0.05) is 17.7 Å². The van der Waals surface area contributed by atoms with E-state index in [9.17, 15) is 14.4 Å². The quantitative estimate of drug-likeness (QED) is 0.835. The number of carbonyl (C=O) groups is 3. The third kappa shape index (κ3) is 1.84. The van der Waals surface area contributed by atoms with E-state index in [2.05, 4.69) is 5.32 Å². The maximum Gasteiger partial charge on any atom is 0.326 e. The summed E-state index contributed by atoms with van der Waals surface area (Å²) in [6.45, 7) is 1.88. The van der Waals surface area contributed by atoms with E-state index in [1.54, 1.807) is 25.1 Å². The largest absolute Gasteiger partial charge is 0.465 e. The van der Waals surface area contributed by atoms with Crippen molar-refractivity contribution in [2.75, 3.05) is 23.4 Å². The van der Waals surface area contributed by atoms with Crippen molar-refractivity contribution in [1.82, 2.24) is 0 Å². The molecule has 0 saturated heterocycles. The summed E-state index contributed by atoms with van der Waals surface area (Å²) in [5, 5.41) is 2.76. The van der Waals surface area contributed by atoms with Gasteiger partial charge >= 0.3 is 5.97 Å². The van der Waals surface area contributed by atoms with Crippen LogP contribution in [-0.2, 0) is 19.1 Å². The van der Waals surface area contributed by atoms with Gasteiger partial charge < -0.3 is 15.0 Å². The predicted octanol–water partition coefficient (Wildman–Crippen LogP) is 1.02. The minimum Gasteiger partial charge on any atom is -0.465 e. The number of nitrogens with one attached hydrogen (secondary N) is 1. The molecule has 2 aliphatic rings. The number of carbonyl (C=O) groups excluding carboxylic acids is 3. The molecule has 3 rings (SSSR count). The SMILES string of the molecule is CCOC(=O)CN1C(=O)C2CC(=O)Nc3cccc1c32. The molecule has 1 atom stereocenters. The van der Waals surface area contributed by atoms with Crippen LogP contribution in [0.2, 0.25) is 0 Å². The molecule has 6 heteroatoms. The molecular weight excluding hydrogens is 260 g/mol. The average Bonchev–Trinajstić information content (AvgIpc) is 2.66. The van der Waals surface area contributed by atoms with Crippen LogP contribution in [0, 0.1) is 0 Å². The van der Waals surface area contributed by atoms with E-state index in [1.165, 1.54) is 4.90 Å². The molecule has 1 aromatic rings. The van der Waals surface area contributed by atoms with Crippen molar-refractivity contribution in [3.63, 3.8) is 0 Å². The molecule has 0 aliphatic carbocycles. The Kier molecular flexibility index (Phi) is 2.93. The van der Waals surface area contributed by atoms with E-state index in [0.29, 0.717) is 11.4 Å². The molecular formula is C14H14N2O4. The molecule has 1 unspecified atom stereocenters. The zero-order valence-corrected chi connectivity index (χ0v) is 11.0. The Hall–Kier alpha value is -2.37. The van der Waals surface area contributed by atoms with Crippen molar-refractivity contribution in [3.8, 4) is 0 Å². The van der Waals surface area contributed by atoms with Gasteiger partial charge in [-0.2, -0.15) is 0 Å². The van der Waals surface area contributed by atoms with Crippen LogP contribution >= 0.6 is 0 Å². The highest BCUT2D eigenvalue weighted by molar-refractivity contribution is 6.14. The summed E-state index contributed by atoms with van der Waals surface area (Å²) in [5.74, 6) is -1.32. The van der Waals surface area contributed by atoms with Gasteiger partial charge in [-0.25, -0.2) is 0 Å². The van der Waals surface area contributed by atoms with Gasteiger partial charge in [-0.15, -0.1) is 0 Å². The standard InChI is InChI=1S/C14H14N2O4/c1-2-20-12(18)7-16-10-5-3-4-9-13(10)8(14(16)19)6-11(17)15-9/h3-5,8H,2,6-7H2,1H3,(H,15,17). The lowest BCUT2D eigenvalue weighted by molar-refractivity contribution is -0.142. The molecule has 104 valence electrons. The lowest BCUT2D eigenvalue weighted by Gasteiger charge is -2.19. The van der Waals surface area contributed by atoms with Gasteiger partial charge in [-0.3, -0.25) is 14.4 Å². The number of benzene rings is 1. The maximum atomic E-state index is 12.4. The van der Waals surface area contributed by atoms with Crippen LogP contribution in [0.3, 0.4) is 0 Å². The summed E-state index contributed by atoms with van der Waals surface area (Å²) >= 11 is 0. The van der Waals surface area contributed by atoms with Crippen molar-refractivity contribution >= 4 is 29.2 Å². The van der Waals surface area contributed by atoms with Gasteiger partial charge in [0.15, 0.2) is 0 Å². The van der Waals surface area contributed by atoms with Gasteiger partial charge in [0.25, 0.3) is 0 Å². The highest BCUT2D eigenvalue weighted by Crippen LogP contribution is 2.45. The number of amides is 2. The van der Waals surface area contributed by atoms with E-state index in [1.807, 2.05) is 0 Å². The molecule has 20 heavy (non-hydrogen) atoms. The van der Waals surface area contributed by atoms with Gasteiger partial charge in [-0.1, -0.05) is 6.07 Å². The molecule has 0 radical (unpaired) electrons. The average molecular weight is 274 g/mol. The van der Waals surface area contributed by atoms with Gasteiger partial charge in [0.1, 0.15) is 6.54 Å². The van der Waals surface area contributed by atoms with Crippen molar-refractivity contribution in [3.05, 3.63) is 23.8 Å². The van der Waals surface area contributed by atoms with Crippen LogP contribution in [0.1, 0.15) is 24.8 Å². The van der Waals surface area contributed by atoms with E-state index in [4.69, 9.17) is 4.74 Å². The first-order valence-electron chi connectivity index (χ1n) is 6.51. The van der Waals surface area contributed by atoms with E-state index in [0.717, 1.165) is 5.56 Å². The second-order valence-electron chi connectivity index (χ2n) is 4.77. The fourth-order valence-electron chi connectivity index (χ4n) is 2.77. The molecule has 0 fully saturated rings. The first kappa shape index (κ1) is 12.7. The molecule has 2 amide bonds. The van der Waals surface area contributed by atoms with Crippen molar-refractivity contribution < 1.29 is 19.1 Å². The summed E-state index contributed by atoms with van der Waals surface area (Å²) in [4.78, 5) is 37.0. The lowest BCUT2D eigenvalue weighted by atomic mass is 9.92. The number of anilines is 2. The second-order valence-corrected chi connectivity index (χ2v) is 4.77. The van der Waals surface area contributed by atoms with Crippen LogP contribution in [0.4, 0.5) is 11.4 Å². The van der Waals surface area contributed by atoms with Crippen LogP contribution in [0.5, 0.6) is 0 Å². The highest BCUT2D eigenvalue weighted by atomic mass is 16.5. The Morgan fingerprint density at radius 2 is 2.25 bits per heavy atom. The van der Waals surface area contributed by atoms with E-state index in [-0.39, 0.29) is 31.4 Å². The molecule has 0 bridgehead atoms.